The minimum Gasteiger partial charge on any atom is -0.310 e. The Kier molecular flexibility index (Phi) is 7.22. The molecule has 0 saturated carbocycles. The molecule has 0 atom stereocenters. The largest absolute Gasteiger partial charge is 0.310 e. The van der Waals surface area contributed by atoms with Gasteiger partial charge >= 0.3 is 0 Å². The number of benzene rings is 9. The predicted octanol–water partition coefficient (Wildman–Crippen LogP) is 13.6. The highest BCUT2D eigenvalue weighted by atomic mass is 15.1. The van der Waals surface area contributed by atoms with Crippen LogP contribution in [-0.4, -0.2) is 0 Å². The summed E-state index contributed by atoms with van der Waals surface area (Å²) in [5.74, 6) is 0. The van der Waals surface area contributed by atoms with E-state index in [1.165, 1.54) is 65.7 Å². The minimum absolute atomic E-state index is 1.10. The Morgan fingerprint density at radius 2 is 0.694 bits per heavy atom. The number of fused-ring (bicyclic) bond motifs is 3. The van der Waals surface area contributed by atoms with Crippen LogP contribution in [0.1, 0.15) is 0 Å². The Morgan fingerprint density at radius 1 is 0.265 bits per heavy atom. The summed E-state index contributed by atoms with van der Waals surface area (Å²) >= 11 is 0. The molecule has 9 aromatic rings. The van der Waals surface area contributed by atoms with Crippen molar-refractivity contribution in [3.63, 3.8) is 0 Å². The molecule has 0 spiro atoms. The molecule has 230 valence electrons. The third-order valence-corrected chi connectivity index (χ3v) is 9.66. The van der Waals surface area contributed by atoms with Gasteiger partial charge in [-0.3, -0.25) is 0 Å². The summed E-state index contributed by atoms with van der Waals surface area (Å²) in [4.78, 5) is 2.42. The van der Waals surface area contributed by atoms with Gasteiger partial charge < -0.3 is 4.90 Å². The van der Waals surface area contributed by atoms with Crippen molar-refractivity contribution >= 4 is 49.4 Å². The molecule has 0 amide bonds. The maximum atomic E-state index is 2.42. The van der Waals surface area contributed by atoms with Crippen LogP contribution in [0.15, 0.2) is 200 Å². The number of hydrogen-bond donors (Lipinski definition) is 0. The van der Waals surface area contributed by atoms with E-state index in [9.17, 15) is 0 Å². The molecule has 0 aromatic heterocycles. The first kappa shape index (κ1) is 28.8. The molecule has 9 rings (SSSR count). The number of nitrogens with zero attached hydrogens (tertiary/aromatic N) is 1. The Labute approximate surface area is 287 Å². The normalized spacial score (nSPS) is 11.3. The highest BCUT2D eigenvalue weighted by Gasteiger charge is 2.20. The van der Waals surface area contributed by atoms with Crippen LogP contribution in [0.2, 0.25) is 0 Å². The van der Waals surface area contributed by atoms with Crippen molar-refractivity contribution in [2.75, 3.05) is 4.90 Å². The Hall–Kier alpha value is -6.44. The van der Waals surface area contributed by atoms with Gasteiger partial charge in [-0.25, -0.2) is 0 Å². The van der Waals surface area contributed by atoms with Crippen molar-refractivity contribution in [1.82, 2.24) is 0 Å². The van der Waals surface area contributed by atoms with Gasteiger partial charge in [0.25, 0.3) is 0 Å². The van der Waals surface area contributed by atoms with E-state index in [1.807, 2.05) is 0 Å². The van der Waals surface area contributed by atoms with E-state index in [0.29, 0.717) is 0 Å². The van der Waals surface area contributed by atoms with Crippen LogP contribution in [0.3, 0.4) is 0 Å². The van der Waals surface area contributed by atoms with Crippen LogP contribution in [0, 0.1) is 0 Å². The van der Waals surface area contributed by atoms with Crippen molar-refractivity contribution in [3.8, 4) is 33.4 Å². The SMILES string of the molecule is c1ccc(N(c2ccc(-c3cccc4ccccc34)cc2)c2cc(-c3cccc4ccccc34)ccc2-c2cccc3ccccc23)cc1. The van der Waals surface area contributed by atoms with Crippen LogP contribution >= 0.6 is 0 Å². The molecule has 1 nitrogen and oxygen atoms in total. The molecule has 1 heteroatoms. The monoisotopic (exact) mass is 623 g/mol. The zero-order chi connectivity index (χ0) is 32.6. The lowest BCUT2D eigenvalue weighted by Gasteiger charge is -2.29. The van der Waals surface area contributed by atoms with Crippen molar-refractivity contribution in [1.29, 1.82) is 0 Å². The van der Waals surface area contributed by atoms with E-state index in [0.717, 1.165) is 17.1 Å². The summed E-state index contributed by atoms with van der Waals surface area (Å²) < 4.78 is 0. The zero-order valence-corrected chi connectivity index (χ0v) is 27.0. The second kappa shape index (κ2) is 12.3. The lowest BCUT2D eigenvalue weighted by atomic mass is 9.92. The fraction of sp³-hybridized carbons (Fsp3) is 0. The van der Waals surface area contributed by atoms with E-state index in [-0.39, 0.29) is 0 Å². The summed E-state index contributed by atoms with van der Waals surface area (Å²) in [5.41, 5.74) is 10.6. The summed E-state index contributed by atoms with van der Waals surface area (Å²) in [5, 5.41) is 7.47. The molecule has 0 N–H and O–H groups in total. The molecule has 0 aliphatic heterocycles. The number of anilines is 3. The van der Waals surface area contributed by atoms with Crippen LogP contribution in [0.25, 0.3) is 65.7 Å². The number of para-hydroxylation sites is 1. The number of hydrogen-bond acceptors (Lipinski definition) is 1. The van der Waals surface area contributed by atoms with Crippen LogP contribution < -0.4 is 4.90 Å². The van der Waals surface area contributed by atoms with Crippen molar-refractivity contribution in [2.45, 2.75) is 0 Å². The summed E-state index contributed by atoms with van der Waals surface area (Å²) in [7, 11) is 0. The second-order valence-corrected chi connectivity index (χ2v) is 12.5. The van der Waals surface area contributed by atoms with Crippen LogP contribution in [0.4, 0.5) is 17.1 Å². The summed E-state index contributed by atoms with van der Waals surface area (Å²) in [6.07, 6.45) is 0. The molecule has 0 aliphatic carbocycles. The van der Waals surface area contributed by atoms with Gasteiger partial charge in [-0.15, -0.1) is 0 Å². The summed E-state index contributed by atoms with van der Waals surface area (Å²) in [6, 6.07) is 72.5. The first-order chi connectivity index (χ1) is 24.3. The van der Waals surface area contributed by atoms with Gasteiger partial charge in [0.15, 0.2) is 0 Å². The first-order valence-electron chi connectivity index (χ1n) is 16.9. The molecule has 0 aliphatic rings. The van der Waals surface area contributed by atoms with E-state index in [4.69, 9.17) is 0 Å². The Balaban J connectivity index is 1.28. The smallest absolute Gasteiger partial charge is 0.0546 e. The highest BCUT2D eigenvalue weighted by molar-refractivity contribution is 6.04. The fourth-order valence-electron chi connectivity index (χ4n) is 7.32. The molecule has 0 radical (unpaired) electrons. The fourth-order valence-corrected chi connectivity index (χ4v) is 7.32. The third-order valence-electron chi connectivity index (χ3n) is 9.66. The van der Waals surface area contributed by atoms with Crippen molar-refractivity contribution < 1.29 is 0 Å². The van der Waals surface area contributed by atoms with Gasteiger partial charge in [0, 0.05) is 16.9 Å². The topological polar surface area (TPSA) is 3.24 Å². The van der Waals surface area contributed by atoms with Gasteiger partial charge in [-0.1, -0.05) is 170 Å². The maximum Gasteiger partial charge on any atom is 0.0546 e. The minimum atomic E-state index is 1.10. The first-order valence-corrected chi connectivity index (χ1v) is 16.9. The zero-order valence-electron chi connectivity index (χ0n) is 27.0. The Morgan fingerprint density at radius 3 is 1.29 bits per heavy atom. The van der Waals surface area contributed by atoms with Gasteiger partial charge in [0.05, 0.1) is 5.69 Å². The quantitative estimate of drug-likeness (QED) is 0.178. The molecule has 49 heavy (non-hydrogen) atoms. The average molecular weight is 624 g/mol. The molecule has 9 aromatic carbocycles. The van der Waals surface area contributed by atoms with Gasteiger partial charge in [-0.2, -0.15) is 0 Å². The standard InChI is InChI=1S/C48H33N/c1-2-19-39(20-3-1)49(40-30-27-37(28-31-40)43-24-10-16-34-13-4-7-21-41(34)43)48-33-38(45-25-11-17-35-14-5-8-22-42(35)45)29-32-47(48)46-26-12-18-36-15-6-9-23-44(36)46/h1-33H. The third kappa shape index (κ3) is 5.23. The summed E-state index contributed by atoms with van der Waals surface area (Å²) in [6.45, 7) is 0. The molecular formula is C48H33N. The van der Waals surface area contributed by atoms with Gasteiger partial charge in [-0.05, 0) is 90.5 Å². The van der Waals surface area contributed by atoms with Crippen molar-refractivity contribution in [3.05, 3.63) is 200 Å². The van der Waals surface area contributed by atoms with Crippen molar-refractivity contribution in [2.24, 2.45) is 0 Å². The van der Waals surface area contributed by atoms with Crippen LogP contribution in [0.5, 0.6) is 0 Å². The molecule has 0 unspecified atom stereocenters. The van der Waals surface area contributed by atoms with E-state index in [1.54, 1.807) is 0 Å². The van der Waals surface area contributed by atoms with E-state index in [2.05, 4.69) is 205 Å². The van der Waals surface area contributed by atoms with E-state index < -0.39 is 0 Å². The number of rotatable bonds is 6. The molecule has 0 heterocycles. The lowest BCUT2D eigenvalue weighted by molar-refractivity contribution is 1.28. The molecule has 0 saturated heterocycles. The average Bonchev–Trinajstić information content (AvgIpc) is 3.18. The lowest BCUT2D eigenvalue weighted by Crippen LogP contribution is -2.11. The maximum absolute atomic E-state index is 2.42. The van der Waals surface area contributed by atoms with E-state index >= 15 is 0 Å². The predicted molar refractivity (Wildman–Crippen MR) is 210 cm³/mol. The van der Waals surface area contributed by atoms with Gasteiger partial charge in [0.2, 0.25) is 0 Å². The highest BCUT2D eigenvalue weighted by Crippen LogP contribution is 2.45. The molecule has 0 fully saturated rings. The molecular weight excluding hydrogens is 591 g/mol. The molecule has 0 bridgehead atoms. The second-order valence-electron chi connectivity index (χ2n) is 12.5. The van der Waals surface area contributed by atoms with Crippen LogP contribution in [-0.2, 0) is 0 Å². The van der Waals surface area contributed by atoms with Gasteiger partial charge in [0.1, 0.15) is 0 Å². The Bertz CT molecular complexity index is 2580.